The molecule has 1 aliphatic heterocycles. The Bertz CT molecular complexity index is 2190. The molecule has 0 amide bonds. The van der Waals surface area contributed by atoms with Gasteiger partial charge in [-0.15, -0.1) is 11.8 Å². The van der Waals surface area contributed by atoms with Crippen LogP contribution in [0.5, 0.6) is 0 Å². The normalized spacial score (nSPS) is 16.8. The van der Waals surface area contributed by atoms with E-state index in [4.69, 9.17) is 9.97 Å². The second kappa shape index (κ2) is 10.2. The van der Waals surface area contributed by atoms with Gasteiger partial charge in [-0.05, 0) is 34.9 Å². The van der Waals surface area contributed by atoms with E-state index in [2.05, 4.69) is 144 Å². The SMILES string of the molecule is C1=CC2Sc3c(ccc4c3c3ccc(-c5ccccc5)cc3n4-c3nc(-c4ccccc4)cc(-c4ccccc4)n3)C2C=C1. The van der Waals surface area contributed by atoms with Crippen LogP contribution in [0.15, 0.2) is 157 Å². The number of allylic oxidation sites excluding steroid dienone is 3. The Morgan fingerprint density at radius 2 is 1.18 bits per heavy atom. The summed E-state index contributed by atoms with van der Waals surface area (Å²) < 4.78 is 2.28. The van der Waals surface area contributed by atoms with Crippen molar-refractivity contribution < 1.29 is 0 Å². The average Bonchev–Trinajstić information content (AvgIpc) is 3.64. The van der Waals surface area contributed by atoms with Gasteiger partial charge in [0.1, 0.15) is 0 Å². The second-order valence-electron chi connectivity index (χ2n) is 11.4. The van der Waals surface area contributed by atoms with Crippen LogP contribution in [0.1, 0.15) is 11.5 Å². The third-order valence-corrected chi connectivity index (χ3v) is 10.2. The van der Waals surface area contributed by atoms with E-state index in [1.165, 1.54) is 32.4 Å². The molecule has 44 heavy (non-hydrogen) atoms. The quantitative estimate of drug-likeness (QED) is 0.207. The van der Waals surface area contributed by atoms with Crippen molar-refractivity contribution >= 4 is 33.6 Å². The molecule has 0 saturated heterocycles. The van der Waals surface area contributed by atoms with Crippen LogP contribution in [0.2, 0.25) is 0 Å². The molecule has 4 heteroatoms. The van der Waals surface area contributed by atoms with Gasteiger partial charge in [0, 0.05) is 38.0 Å². The molecule has 0 radical (unpaired) electrons. The Hall–Kier alpha value is -5.19. The molecular formula is C40H27N3S. The molecule has 1 aliphatic carbocycles. The summed E-state index contributed by atoms with van der Waals surface area (Å²) in [6.45, 7) is 0. The minimum Gasteiger partial charge on any atom is -0.278 e. The summed E-state index contributed by atoms with van der Waals surface area (Å²) in [6.07, 6.45) is 9.05. The third kappa shape index (κ3) is 4.06. The number of benzene rings is 5. The molecular weight excluding hydrogens is 555 g/mol. The van der Waals surface area contributed by atoms with Crippen molar-refractivity contribution in [3.8, 4) is 39.6 Å². The predicted octanol–water partition coefficient (Wildman–Crippen LogP) is 10.3. The van der Waals surface area contributed by atoms with E-state index in [1.807, 2.05) is 23.9 Å². The largest absolute Gasteiger partial charge is 0.278 e. The van der Waals surface area contributed by atoms with Crippen LogP contribution in [0.3, 0.4) is 0 Å². The molecule has 208 valence electrons. The van der Waals surface area contributed by atoms with E-state index in [1.54, 1.807) is 0 Å². The van der Waals surface area contributed by atoms with Crippen LogP contribution in [0, 0.1) is 0 Å². The summed E-state index contributed by atoms with van der Waals surface area (Å²) in [5, 5.41) is 2.93. The summed E-state index contributed by atoms with van der Waals surface area (Å²) in [5.41, 5.74) is 9.96. The number of fused-ring (bicyclic) bond motifs is 7. The van der Waals surface area contributed by atoms with Gasteiger partial charge in [-0.2, -0.15) is 0 Å². The Kier molecular flexibility index (Phi) is 5.88. The zero-order valence-electron chi connectivity index (χ0n) is 23.8. The molecule has 3 nitrogen and oxygen atoms in total. The van der Waals surface area contributed by atoms with E-state index >= 15 is 0 Å². The van der Waals surface area contributed by atoms with E-state index in [0.717, 1.165) is 33.5 Å². The van der Waals surface area contributed by atoms with E-state index in [9.17, 15) is 0 Å². The molecule has 0 saturated carbocycles. The Morgan fingerprint density at radius 1 is 0.545 bits per heavy atom. The summed E-state index contributed by atoms with van der Waals surface area (Å²) >= 11 is 1.98. The first kappa shape index (κ1) is 25.3. The number of aromatic nitrogens is 3. The average molecular weight is 582 g/mol. The molecule has 5 aromatic carbocycles. The highest BCUT2D eigenvalue weighted by Gasteiger charge is 2.34. The summed E-state index contributed by atoms with van der Waals surface area (Å²) in [6, 6.07) is 45.0. The van der Waals surface area contributed by atoms with Crippen LogP contribution in [-0.4, -0.2) is 19.8 Å². The minimum absolute atomic E-state index is 0.397. The van der Waals surface area contributed by atoms with Crippen molar-refractivity contribution in [2.45, 2.75) is 16.1 Å². The van der Waals surface area contributed by atoms with Crippen LogP contribution >= 0.6 is 11.8 Å². The maximum Gasteiger partial charge on any atom is 0.235 e. The van der Waals surface area contributed by atoms with Gasteiger partial charge in [0.25, 0.3) is 0 Å². The number of thioether (sulfide) groups is 1. The van der Waals surface area contributed by atoms with Crippen LogP contribution < -0.4 is 0 Å². The van der Waals surface area contributed by atoms with Crippen LogP contribution in [0.25, 0.3) is 61.4 Å². The zero-order valence-corrected chi connectivity index (χ0v) is 24.7. The van der Waals surface area contributed by atoms with Crippen molar-refractivity contribution in [3.63, 3.8) is 0 Å². The molecule has 0 fully saturated rings. The predicted molar refractivity (Wildman–Crippen MR) is 183 cm³/mol. The van der Waals surface area contributed by atoms with Gasteiger partial charge in [0.05, 0.1) is 22.4 Å². The lowest BCUT2D eigenvalue weighted by Crippen LogP contribution is -2.06. The lowest BCUT2D eigenvalue weighted by Gasteiger charge is -2.14. The topological polar surface area (TPSA) is 30.7 Å². The standard InChI is InChI=1S/C40H27N3S/c1-4-12-26(13-5-1)29-20-21-32-36(24-29)43(35-23-22-31-30-18-10-11-19-37(30)44-39(31)38(32)35)40-41-33(27-14-6-2-7-15-27)25-34(42-40)28-16-8-3-9-17-28/h1-25,30,37H. The second-order valence-corrected chi connectivity index (χ2v) is 12.5. The van der Waals surface area contributed by atoms with Gasteiger partial charge >= 0.3 is 0 Å². The van der Waals surface area contributed by atoms with Gasteiger partial charge in [-0.25, -0.2) is 9.97 Å². The lowest BCUT2D eigenvalue weighted by molar-refractivity contribution is 0.883. The fourth-order valence-electron chi connectivity index (χ4n) is 6.67. The van der Waals surface area contributed by atoms with Crippen molar-refractivity contribution in [2.75, 3.05) is 0 Å². The van der Waals surface area contributed by atoms with Gasteiger partial charge in [-0.3, -0.25) is 4.57 Å². The monoisotopic (exact) mass is 581 g/mol. The lowest BCUT2D eigenvalue weighted by atomic mass is 9.91. The van der Waals surface area contributed by atoms with Crippen LogP contribution in [-0.2, 0) is 0 Å². The first-order chi connectivity index (χ1) is 21.8. The van der Waals surface area contributed by atoms with Gasteiger partial charge < -0.3 is 0 Å². The van der Waals surface area contributed by atoms with Crippen molar-refractivity contribution in [2.24, 2.45) is 0 Å². The molecule has 2 aliphatic rings. The molecule has 2 unspecified atom stereocenters. The highest BCUT2D eigenvalue weighted by atomic mass is 32.2. The molecule has 0 bridgehead atoms. The number of hydrogen-bond donors (Lipinski definition) is 0. The molecule has 2 atom stereocenters. The molecule has 0 spiro atoms. The molecule has 2 aromatic heterocycles. The first-order valence-corrected chi connectivity index (χ1v) is 15.9. The summed E-state index contributed by atoms with van der Waals surface area (Å²) in [4.78, 5) is 11.9. The molecule has 9 rings (SSSR count). The van der Waals surface area contributed by atoms with Gasteiger partial charge in [-0.1, -0.05) is 133 Å². The van der Waals surface area contributed by atoms with Crippen molar-refractivity contribution in [1.29, 1.82) is 0 Å². The number of hydrogen-bond acceptors (Lipinski definition) is 3. The number of rotatable bonds is 4. The fraction of sp³-hybridized carbons (Fsp3) is 0.0500. The Labute approximate surface area is 260 Å². The van der Waals surface area contributed by atoms with Gasteiger partial charge in [0.15, 0.2) is 0 Å². The van der Waals surface area contributed by atoms with Crippen LogP contribution in [0.4, 0.5) is 0 Å². The Balaban J connectivity index is 1.36. The maximum absolute atomic E-state index is 5.26. The van der Waals surface area contributed by atoms with E-state index < -0.39 is 0 Å². The smallest absolute Gasteiger partial charge is 0.235 e. The highest BCUT2D eigenvalue weighted by Crippen LogP contribution is 2.53. The number of nitrogens with zero attached hydrogens (tertiary/aromatic N) is 3. The van der Waals surface area contributed by atoms with Crippen molar-refractivity contribution in [1.82, 2.24) is 14.5 Å². The molecule has 0 N–H and O–H groups in total. The summed E-state index contributed by atoms with van der Waals surface area (Å²) in [5.74, 6) is 1.07. The summed E-state index contributed by atoms with van der Waals surface area (Å²) in [7, 11) is 0. The van der Waals surface area contributed by atoms with Crippen molar-refractivity contribution in [3.05, 3.63) is 157 Å². The fourth-order valence-corrected chi connectivity index (χ4v) is 8.17. The van der Waals surface area contributed by atoms with E-state index in [0.29, 0.717) is 17.1 Å². The van der Waals surface area contributed by atoms with Gasteiger partial charge in [0.2, 0.25) is 5.95 Å². The molecule has 3 heterocycles. The highest BCUT2D eigenvalue weighted by molar-refractivity contribution is 8.00. The zero-order chi connectivity index (χ0) is 29.0. The minimum atomic E-state index is 0.397. The van der Waals surface area contributed by atoms with E-state index in [-0.39, 0.29) is 0 Å². The Morgan fingerprint density at radius 3 is 1.86 bits per heavy atom. The maximum atomic E-state index is 5.26. The molecule has 7 aromatic rings. The first-order valence-electron chi connectivity index (χ1n) is 15.0. The third-order valence-electron chi connectivity index (χ3n) is 8.77.